The summed E-state index contributed by atoms with van der Waals surface area (Å²) in [6.07, 6.45) is 6.05. The molecular formula is C21H33ClN2O3S. The van der Waals surface area contributed by atoms with E-state index < -0.39 is 10.0 Å². The monoisotopic (exact) mass is 428 g/mol. The fourth-order valence-corrected chi connectivity index (χ4v) is 5.19. The smallest absolute Gasteiger partial charge is 0.252 e. The molecule has 0 spiro atoms. The molecule has 1 heterocycles. The summed E-state index contributed by atoms with van der Waals surface area (Å²) in [7, 11) is -3.61. The van der Waals surface area contributed by atoms with E-state index in [0.717, 1.165) is 38.5 Å². The zero-order valence-electron chi connectivity index (χ0n) is 17.2. The third-order valence-electron chi connectivity index (χ3n) is 5.66. The van der Waals surface area contributed by atoms with Gasteiger partial charge in [-0.1, -0.05) is 51.6 Å². The van der Waals surface area contributed by atoms with Crippen molar-refractivity contribution in [1.82, 2.24) is 9.62 Å². The number of halogens is 1. The van der Waals surface area contributed by atoms with Gasteiger partial charge in [-0.05, 0) is 49.3 Å². The van der Waals surface area contributed by atoms with E-state index in [-0.39, 0.29) is 21.4 Å². The Morgan fingerprint density at radius 1 is 1.29 bits per heavy atom. The number of sulfonamides is 1. The largest absolute Gasteiger partial charge is 0.352 e. The van der Waals surface area contributed by atoms with Crippen LogP contribution in [0.2, 0.25) is 5.02 Å². The molecule has 0 saturated carbocycles. The number of piperidine rings is 1. The molecule has 1 N–H and O–H groups in total. The predicted molar refractivity (Wildman–Crippen MR) is 114 cm³/mol. The first-order valence-corrected chi connectivity index (χ1v) is 12.2. The second-order valence-electron chi connectivity index (χ2n) is 7.85. The van der Waals surface area contributed by atoms with Gasteiger partial charge >= 0.3 is 0 Å². The Kier molecular flexibility index (Phi) is 8.78. The Labute approximate surface area is 174 Å². The van der Waals surface area contributed by atoms with Crippen LogP contribution in [-0.4, -0.2) is 38.3 Å². The molecule has 1 unspecified atom stereocenters. The SMILES string of the molecule is CCCCC(CC)CNC(=O)c1cc(S(=O)(=O)N2CCC(C)CC2)ccc1Cl. The summed E-state index contributed by atoms with van der Waals surface area (Å²) in [5.41, 5.74) is 0.221. The average Bonchev–Trinajstić information content (AvgIpc) is 2.68. The molecule has 0 aliphatic carbocycles. The Morgan fingerprint density at radius 3 is 2.57 bits per heavy atom. The van der Waals surface area contributed by atoms with E-state index in [2.05, 4.69) is 26.1 Å². The van der Waals surface area contributed by atoms with E-state index in [1.165, 1.54) is 22.5 Å². The van der Waals surface area contributed by atoms with Crippen LogP contribution in [0, 0.1) is 11.8 Å². The molecule has 0 radical (unpaired) electrons. The lowest BCUT2D eigenvalue weighted by atomic mass is 9.99. The normalized spacial score (nSPS) is 17.4. The number of amides is 1. The molecule has 1 amide bonds. The first-order chi connectivity index (χ1) is 13.3. The number of carbonyl (C=O) groups excluding carboxylic acids is 1. The molecule has 0 bridgehead atoms. The van der Waals surface area contributed by atoms with Crippen LogP contribution in [0.4, 0.5) is 0 Å². The first-order valence-electron chi connectivity index (χ1n) is 10.4. The molecule has 1 saturated heterocycles. The van der Waals surface area contributed by atoms with Crippen LogP contribution in [0.25, 0.3) is 0 Å². The first kappa shape index (κ1) is 23.2. The molecule has 7 heteroatoms. The lowest BCUT2D eigenvalue weighted by Gasteiger charge is -2.29. The van der Waals surface area contributed by atoms with Crippen molar-refractivity contribution >= 4 is 27.5 Å². The van der Waals surface area contributed by atoms with Gasteiger partial charge in [0.1, 0.15) is 0 Å². The minimum atomic E-state index is -3.61. The highest BCUT2D eigenvalue weighted by Gasteiger charge is 2.29. The number of nitrogens with zero attached hydrogens (tertiary/aromatic N) is 1. The zero-order valence-corrected chi connectivity index (χ0v) is 18.8. The van der Waals surface area contributed by atoms with Crippen LogP contribution in [0.15, 0.2) is 23.1 Å². The van der Waals surface area contributed by atoms with Crippen LogP contribution in [0.3, 0.4) is 0 Å². The molecule has 1 atom stereocenters. The summed E-state index contributed by atoms with van der Waals surface area (Å²) in [6.45, 7) is 8.02. The van der Waals surface area contributed by atoms with Crippen molar-refractivity contribution in [2.24, 2.45) is 11.8 Å². The topological polar surface area (TPSA) is 66.5 Å². The second kappa shape index (κ2) is 10.6. The van der Waals surface area contributed by atoms with E-state index in [9.17, 15) is 13.2 Å². The molecule has 2 rings (SSSR count). The van der Waals surface area contributed by atoms with Gasteiger partial charge in [0.05, 0.1) is 15.5 Å². The molecule has 1 aliphatic heterocycles. The number of rotatable bonds is 9. The minimum absolute atomic E-state index is 0.134. The van der Waals surface area contributed by atoms with E-state index in [1.54, 1.807) is 0 Å². The lowest BCUT2D eigenvalue weighted by molar-refractivity contribution is 0.0945. The summed E-state index contributed by atoms with van der Waals surface area (Å²) < 4.78 is 27.4. The van der Waals surface area contributed by atoms with Gasteiger partial charge < -0.3 is 5.32 Å². The summed E-state index contributed by atoms with van der Waals surface area (Å²) >= 11 is 6.21. The van der Waals surface area contributed by atoms with Crippen molar-refractivity contribution in [2.45, 2.75) is 64.2 Å². The number of hydrogen-bond acceptors (Lipinski definition) is 3. The summed E-state index contributed by atoms with van der Waals surface area (Å²) in [6, 6.07) is 4.41. The second-order valence-corrected chi connectivity index (χ2v) is 10.2. The number of carbonyl (C=O) groups is 1. The summed E-state index contributed by atoms with van der Waals surface area (Å²) in [5.74, 6) is 0.645. The van der Waals surface area contributed by atoms with Gasteiger partial charge in [-0.15, -0.1) is 0 Å². The summed E-state index contributed by atoms with van der Waals surface area (Å²) in [5, 5.41) is 3.20. The van der Waals surface area contributed by atoms with Gasteiger partial charge in [0.15, 0.2) is 0 Å². The molecule has 1 aromatic carbocycles. The molecule has 1 fully saturated rings. The molecule has 28 heavy (non-hydrogen) atoms. The van der Waals surface area contributed by atoms with Gasteiger partial charge in [0.2, 0.25) is 10.0 Å². The van der Waals surface area contributed by atoms with E-state index in [0.29, 0.717) is 31.5 Å². The van der Waals surface area contributed by atoms with Gasteiger partial charge in [-0.3, -0.25) is 4.79 Å². The Morgan fingerprint density at radius 2 is 1.96 bits per heavy atom. The van der Waals surface area contributed by atoms with Gasteiger partial charge in [0.25, 0.3) is 5.91 Å². The van der Waals surface area contributed by atoms with Crippen LogP contribution in [-0.2, 0) is 10.0 Å². The van der Waals surface area contributed by atoms with E-state index in [1.807, 2.05) is 0 Å². The fraction of sp³-hybridized carbons (Fsp3) is 0.667. The minimum Gasteiger partial charge on any atom is -0.352 e. The van der Waals surface area contributed by atoms with Gasteiger partial charge in [-0.2, -0.15) is 4.31 Å². The molecule has 1 aliphatic rings. The highest BCUT2D eigenvalue weighted by atomic mass is 35.5. The summed E-state index contributed by atoms with van der Waals surface area (Å²) in [4.78, 5) is 12.8. The number of hydrogen-bond donors (Lipinski definition) is 1. The van der Waals surface area contributed by atoms with Crippen LogP contribution in [0.5, 0.6) is 0 Å². The maximum absolute atomic E-state index is 13.0. The van der Waals surface area contributed by atoms with Crippen LogP contribution >= 0.6 is 11.6 Å². The van der Waals surface area contributed by atoms with E-state index in [4.69, 9.17) is 11.6 Å². The highest BCUT2D eigenvalue weighted by molar-refractivity contribution is 7.89. The zero-order chi connectivity index (χ0) is 20.7. The van der Waals surface area contributed by atoms with Crippen molar-refractivity contribution in [1.29, 1.82) is 0 Å². The van der Waals surface area contributed by atoms with Crippen LogP contribution < -0.4 is 5.32 Å². The highest BCUT2D eigenvalue weighted by Crippen LogP contribution is 2.26. The number of unbranched alkanes of at least 4 members (excludes halogenated alkanes) is 1. The Balaban J connectivity index is 2.12. The maximum atomic E-state index is 13.0. The molecule has 0 aromatic heterocycles. The van der Waals surface area contributed by atoms with Crippen molar-refractivity contribution in [3.8, 4) is 0 Å². The maximum Gasteiger partial charge on any atom is 0.252 e. The quantitative estimate of drug-likeness (QED) is 0.619. The standard InChI is InChI=1S/C21H33ClN2O3S/c1-4-6-7-17(5-2)15-23-21(25)19-14-18(8-9-20(19)22)28(26,27)24-12-10-16(3)11-13-24/h8-9,14,16-17H,4-7,10-13,15H2,1-3H3,(H,23,25). The third kappa shape index (κ3) is 5.94. The Bertz CT molecular complexity index is 759. The number of nitrogens with one attached hydrogen (secondary N) is 1. The van der Waals surface area contributed by atoms with Gasteiger partial charge in [0, 0.05) is 19.6 Å². The fourth-order valence-electron chi connectivity index (χ4n) is 3.49. The molecule has 158 valence electrons. The predicted octanol–water partition coefficient (Wildman–Crippen LogP) is 4.71. The number of benzene rings is 1. The molecular weight excluding hydrogens is 396 g/mol. The Hall–Kier alpha value is -1.11. The molecule has 5 nitrogen and oxygen atoms in total. The van der Waals surface area contributed by atoms with Crippen molar-refractivity contribution in [3.63, 3.8) is 0 Å². The van der Waals surface area contributed by atoms with E-state index >= 15 is 0 Å². The average molecular weight is 429 g/mol. The van der Waals surface area contributed by atoms with Crippen LogP contribution in [0.1, 0.15) is 69.7 Å². The van der Waals surface area contributed by atoms with Crippen molar-refractivity contribution in [2.75, 3.05) is 19.6 Å². The third-order valence-corrected chi connectivity index (χ3v) is 7.88. The van der Waals surface area contributed by atoms with Crippen molar-refractivity contribution < 1.29 is 13.2 Å². The van der Waals surface area contributed by atoms with Crippen molar-refractivity contribution in [3.05, 3.63) is 28.8 Å². The molecule has 1 aromatic rings. The van der Waals surface area contributed by atoms with Gasteiger partial charge in [-0.25, -0.2) is 8.42 Å². The lowest BCUT2D eigenvalue weighted by Crippen LogP contribution is -2.38.